The molecule has 0 spiro atoms. The van der Waals surface area contributed by atoms with Crippen LogP contribution < -0.4 is 4.90 Å². The van der Waals surface area contributed by atoms with Crippen molar-refractivity contribution < 1.29 is 19.1 Å². The van der Waals surface area contributed by atoms with Crippen LogP contribution in [0.1, 0.15) is 16.1 Å². The minimum Gasteiger partial charge on any atom is -0.478 e. The number of furan rings is 1. The molecule has 1 amide bonds. The zero-order valence-electron chi connectivity index (χ0n) is 14.7. The molecule has 29 heavy (non-hydrogen) atoms. The van der Waals surface area contributed by atoms with Crippen LogP contribution in [-0.4, -0.2) is 21.3 Å². The predicted molar refractivity (Wildman–Crippen MR) is 118 cm³/mol. The van der Waals surface area contributed by atoms with Crippen LogP contribution in [0.5, 0.6) is 0 Å². The summed E-state index contributed by atoms with van der Waals surface area (Å²) >= 11 is 12.7. The minimum atomic E-state index is -1.07. The number of carbonyl (C=O) groups is 2. The second-order valence-electron chi connectivity index (χ2n) is 6.05. The molecule has 2 aromatic carbocycles. The Morgan fingerprint density at radius 2 is 1.93 bits per heavy atom. The van der Waals surface area contributed by atoms with Crippen molar-refractivity contribution >= 4 is 63.5 Å². The highest BCUT2D eigenvalue weighted by Crippen LogP contribution is 2.37. The van der Waals surface area contributed by atoms with Crippen molar-refractivity contribution in [2.45, 2.75) is 0 Å². The smallest absolute Gasteiger partial charge is 0.335 e. The van der Waals surface area contributed by atoms with Crippen molar-refractivity contribution in [1.29, 1.82) is 0 Å². The van der Waals surface area contributed by atoms with E-state index in [1.165, 1.54) is 17.0 Å². The molecular weight excluding hydrogens is 430 g/mol. The zero-order valence-corrected chi connectivity index (χ0v) is 17.1. The number of rotatable bonds is 4. The number of anilines is 1. The average molecular weight is 442 g/mol. The fourth-order valence-electron chi connectivity index (χ4n) is 2.83. The second kappa shape index (κ2) is 7.87. The van der Waals surface area contributed by atoms with E-state index in [-0.39, 0.29) is 11.5 Å². The van der Waals surface area contributed by atoms with Gasteiger partial charge in [0.15, 0.2) is 4.32 Å². The lowest BCUT2D eigenvalue weighted by Crippen LogP contribution is -2.27. The van der Waals surface area contributed by atoms with Crippen molar-refractivity contribution in [2.75, 3.05) is 4.90 Å². The van der Waals surface area contributed by atoms with Gasteiger partial charge >= 0.3 is 5.97 Å². The van der Waals surface area contributed by atoms with Crippen LogP contribution in [-0.2, 0) is 4.79 Å². The summed E-state index contributed by atoms with van der Waals surface area (Å²) in [7, 11) is 0. The van der Waals surface area contributed by atoms with Crippen LogP contribution in [0, 0.1) is 0 Å². The molecule has 8 heteroatoms. The quantitative estimate of drug-likeness (QED) is 0.413. The maximum absolute atomic E-state index is 12.9. The molecule has 1 aromatic heterocycles. The Morgan fingerprint density at radius 1 is 1.14 bits per heavy atom. The summed E-state index contributed by atoms with van der Waals surface area (Å²) in [5.74, 6) is -0.333. The lowest BCUT2D eigenvalue weighted by atomic mass is 10.2. The van der Waals surface area contributed by atoms with E-state index in [2.05, 4.69) is 0 Å². The van der Waals surface area contributed by atoms with Crippen LogP contribution in [0.15, 0.2) is 70.0 Å². The van der Waals surface area contributed by atoms with Gasteiger partial charge in [0.2, 0.25) is 0 Å². The molecule has 1 N–H and O–H groups in total. The monoisotopic (exact) mass is 441 g/mol. The first-order valence-corrected chi connectivity index (χ1v) is 10.0. The molecule has 1 aliphatic heterocycles. The number of aromatic carboxylic acids is 1. The van der Waals surface area contributed by atoms with Crippen molar-refractivity contribution in [3.63, 3.8) is 0 Å². The van der Waals surface area contributed by atoms with Crippen LogP contribution in [0.4, 0.5) is 5.69 Å². The van der Waals surface area contributed by atoms with Gasteiger partial charge in [-0.25, -0.2) is 4.79 Å². The van der Waals surface area contributed by atoms with Crippen LogP contribution in [0.3, 0.4) is 0 Å². The zero-order chi connectivity index (χ0) is 20.5. The van der Waals surface area contributed by atoms with Gasteiger partial charge in [-0.3, -0.25) is 9.69 Å². The summed E-state index contributed by atoms with van der Waals surface area (Å²) in [6.07, 6.45) is 1.61. The number of hydrogen-bond acceptors (Lipinski definition) is 5. The molecule has 0 radical (unpaired) electrons. The number of halogens is 1. The van der Waals surface area contributed by atoms with E-state index in [0.717, 1.165) is 17.3 Å². The molecule has 4 rings (SSSR count). The Labute approximate surface area is 180 Å². The van der Waals surface area contributed by atoms with Gasteiger partial charge in [-0.2, -0.15) is 0 Å². The van der Waals surface area contributed by atoms with Crippen molar-refractivity contribution in [2.24, 2.45) is 0 Å². The Balaban J connectivity index is 1.63. The molecule has 0 saturated carbocycles. The number of carboxylic acid groups (broad SMARTS) is 1. The topological polar surface area (TPSA) is 70.8 Å². The van der Waals surface area contributed by atoms with Crippen LogP contribution >= 0.6 is 35.6 Å². The third-order valence-corrected chi connectivity index (χ3v) is 5.82. The Hall–Kier alpha value is -2.87. The fraction of sp³-hybridized carbons (Fsp3) is 0. The maximum atomic E-state index is 12.9. The number of hydrogen-bond donors (Lipinski definition) is 1. The molecule has 0 atom stereocenters. The first-order chi connectivity index (χ1) is 13.9. The van der Waals surface area contributed by atoms with Gasteiger partial charge in [-0.05, 0) is 42.5 Å². The molecule has 3 aromatic rings. The molecule has 0 aliphatic carbocycles. The molecule has 0 unspecified atom stereocenters. The highest BCUT2D eigenvalue weighted by molar-refractivity contribution is 8.27. The van der Waals surface area contributed by atoms with Gasteiger partial charge in [0.25, 0.3) is 5.91 Å². The van der Waals surface area contributed by atoms with Crippen LogP contribution in [0.25, 0.3) is 17.4 Å². The molecule has 5 nitrogen and oxygen atoms in total. The first-order valence-electron chi connectivity index (χ1n) is 8.40. The van der Waals surface area contributed by atoms with E-state index < -0.39 is 5.97 Å². The minimum absolute atomic E-state index is 0.0796. The number of benzene rings is 2. The third-order valence-electron chi connectivity index (χ3n) is 4.18. The first kappa shape index (κ1) is 19.4. The van der Waals surface area contributed by atoms with E-state index in [1.54, 1.807) is 36.4 Å². The lowest BCUT2D eigenvalue weighted by Gasteiger charge is -2.14. The van der Waals surface area contributed by atoms with E-state index >= 15 is 0 Å². The van der Waals surface area contributed by atoms with Crippen molar-refractivity contribution in [3.8, 4) is 11.3 Å². The molecule has 2 heterocycles. The Morgan fingerprint density at radius 3 is 2.69 bits per heavy atom. The van der Waals surface area contributed by atoms with Gasteiger partial charge in [-0.15, -0.1) is 0 Å². The average Bonchev–Trinajstić information content (AvgIpc) is 3.27. The van der Waals surface area contributed by atoms with E-state index in [9.17, 15) is 14.7 Å². The summed E-state index contributed by atoms with van der Waals surface area (Å²) in [5, 5.41) is 9.74. The molecule has 0 bridgehead atoms. The predicted octanol–water partition coefficient (Wildman–Crippen LogP) is 5.70. The highest BCUT2D eigenvalue weighted by atomic mass is 35.5. The van der Waals surface area contributed by atoms with Gasteiger partial charge in [0.05, 0.1) is 21.2 Å². The molecule has 1 fully saturated rings. The van der Waals surface area contributed by atoms with Crippen molar-refractivity contribution in [1.82, 2.24) is 0 Å². The number of thiocarbonyl (C=S) groups is 1. The third kappa shape index (κ3) is 3.85. The molecular formula is C21H12ClNO4S2. The summed E-state index contributed by atoms with van der Waals surface area (Å²) < 4.78 is 6.14. The number of amides is 1. The maximum Gasteiger partial charge on any atom is 0.335 e. The summed E-state index contributed by atoms with van der Waals surface area (Å²) in [4.78, 5) is 25.8. The van der Waals surface area contributed by atoms with Gasteiger partial charge in [0, 0.05) is 11.6 Å². The fourth-order valence-corrected chi connectivity index (χ4v) is 4.34. The molecule has 144 valence electrons. The number of carboxylic acids is 1. The van der Waals surface area contributed by atoms with Crippen LogP contribution in [0.2, 0.25) is 5.02 Å². The number of carbonyl (C=O) groups excluding carboxylic acids is 1. The van der Waals surface area contributed by atoms with E-state index in [4.69, 9.17) is 28.2 Å². The Bertz CT molecular complexity index is 1180. The summed E-state index contributed by atoms with van der Waals surface area (Å²) in [6, 6.07) is 16.9. The normalized spacial score (nSPS) is 15.3. The molecule has 1 aliphatic rings. The standard InChI is InChI=1S/C21H12ClNO4S2/c22-16-7-2-1-6-15(16)17-9-8-14(27-17)11-18-19(24)23(21(28)29-18)13-5-3-4-12(10-13)20(25)26/h1-11H,(H,25,26)/b18-11-. The summed E-state index contributed by atoms with van der Waals surface area (Å²) in [5.41, 5.74) is 1.25. The van der Waals surface area contributed by atoms with Crippen molar-refractivity contribution in [3.05, 3.63) is 81.9 Å². The Kier molecular flexibility index (Phi) is 5.27. The molecule has 1 saturated heterocycles. The van der Waals surface area contributed by atoms with E-state index in [1.807, 2.05) is 18.2 Å². The lowest BCUT2D eigenvalue weighted by molar-refractivity contribution is -0.113. The van der Waals surface area contributed by atoms with Gasteiger partial charge in [-0.1, -0.05) is 53.8 Å². The van der Waals surface area contributed by atoms with Gasteiger partial charge < -0.3 is 9.52 Å². The summed E-state index contributed by atoms with van der Waals surface area (Å²) in [6.45, 7) is 0. The second-order valence-corrected chi connectivity index (χ2v) is 8.14. The highest BCUT2D eigenvalue weighted by Gasteiger charge is 2.33. The largest absolute Gasteiger partial charge is 0.478 e. The number of thioether (sulfide) groups is 1. The van der Waals surface area contributed by atoms with Gasteiger partial charge in [0.1, 0.15) is 11.5 Å². The SMILES string of the molecule is O=C(O)c1cccc(N2C(=O)/C(=C/c3ccc(-c4ccccc4Cl)o3)SC2=S)c1. The van der Waals surface area contributed by atoms with E-state index in [0.29, 0.717) is 31.5 Å². The number of nitrogens with zero attached hydrogens (tertiary/aromatic N) is 1.